The lowest BCUT2D eigenvalue weighted by Gasteiger charge is -2.32. The lowest BCUT2D eigenvalue weighted by molar-refractivity contribution is -0.136. The Morgan fingerprint density at radius 3 is 2.71 bits per heavy atom. The number of hydrogen-bond donors (Lipinski definition) is 0. The fourth-order valence-corrected chi connectivity index (χ4v) is 3.55. The lowest BCUT2D eigenvalue weighted by Crippen LogP contribution is -2.41. The SMILES string of the molecule is O=C(C1CCN(Cc2nc(-c3ccco3)no2)CC1)N1CCCC1. The number of furan rings is 1. The summed E-state index contributed by atoms with van der Waals surface area (Å²) in [5.41, 5.74) is 0. The summed E-state index contributed by atoms with van der Waals surface area (Å²) in [5.74, 6) is 2.21. The number of nitrogens with zero attached hydrogens (tertiary/aromatic N) is 4. The summed E-state index contributed by atoms with van der Waals surface area (Å²) in [7, 11) is 0. The number of rotatable bonds is 4. The highest BCUT2D eigenvalue weighted by atomic mass is 16.5. The summed E-state index contributed by atoms with van der Waals surface area (Å²) in [6.07, 6.45) is 5.72. The predicted octanol–water partition coefficient (Wildman–Crippen LogP) is 2.16. The molecule has 2 fully saturated rings. The van der Waals surface area contributed by atoms with Gasteiger partial charge in [0.25, 0.3) is 0 Å². The van der Waals surface area contributed by atoms with Crippen molar-refractivity contribution in [3.05, 3.63) is 24.3 Å². The second-order valence-corrected chi connectivity index (χ2v) is 6.57. The molecule has 0 radical (unpaired) electrons. The minimum absolute atomic E-state index is 0.181. The van der Waals surface area contributed by atoms with Gasteiger partial charge in [0.2, 0.25) is 17.6 Å². The van der Waals surface area contributed by atoms with Crippen LogP contribution in [0, 0.1) is 5.92 Å². The molecule has 0 aromatic carbocycles. The average Bonchev–Trinajstić information content (AvgIpc) is 3.36. The maximum Gasteiger partial charge on any atom is 0.241 e. The number of likely N-dealkylation sites (tertiary alicyclic amines) is 2. The Bertz CT molecular complexity index is 668. The summed E-state index contributed by atoms with van der Waals surface area (Å²) >= 11 is 0. The van der Waals surface area contributed by atoms with Crippen molar-refractivity contribution in [2.45, 2.75) is 32.2 Å². The summed E-state index contributed by atoms with van der Waals surface area (Å²) < 4.78 is 10.6. The smallest absolute Gasteiger partial charge is 0.241 e. The highest BCUT2D eigenvalue weighted by Gasteiger charge is 2.30. The van der Waals surface area contributed by atoms with E-state index in [1.165, 1.54) is 0 Å². The molecule has 0 bridgehead atoms. The maximum atomic E-state index is 12.5. The van der Waals surface area contributed by atoms with Crippen LogP contribution >= 0.6 is 0 Å². The molecular formula is C17H22N4O3. The summed E-state index contributed by atoms with van der Waals surface area (Å²) in [4.78, 5) is 21.1. The van der Waals surface area contributed by atoms with Gasteiger partial charge in [-0.2, -0.15) is 4.98 Å². The molecule has 4 rings (SSSR count). The highest BCUT2D eigenvalue weighted by molar-refractivity contribution is 5.79. The van der Waals surface area contributed by atoms with Crippen molar-refractivity contribution in [3.8, 4) is 11.6 Å². The molecule has 2 aromatic rings. The Labute approximate surface area is 140 Å². The topological polar surface area (TPSA) is 75.6 Å². The monoisotopic (exact) mass is 330 g/mol. The van der Waals surface area contributed by atoms with E-state index in [9.17, 15) is 4.79 Å². The van der Waals surface area contributed by atoms with Crippen molar-refractivity contribution in [2.75, 3.05) is 26.2 Å². The fourth-order valence-electron chi connectivity index (χ4n) is 3.55. The van der Waals surface area contributed by atoms with Gasteiger partial charge in [0.15, 0.2) is 5.76 Å². The number of carbonyl (C=O) groups is 1. The molecule has 4 heterocycles. The van der Waals surface area contributed by atoms with Gasteiger partial charge in [-0.3, -0.25) is 9.69 Å². The van der Waals surface area contributed by atoms with Crippen LogP contribution in [0.25, 0.3) is 11.6 Å². The zero-order valence-electron chi connectivity index (χ0n) is 13.7. The van der Waals surface area contributed by atoms with Crippen LogP contribution in [0.15, 0.2) is 27.3 Å². The standard InChI is InChI=1S/C17H22N4O3/c22-17(21-7-1-2-8-21)13-5-9-20(10-6-13)12-15-18-16(19-24-15)14-4-3-11-23-14/h3-4,11,13H,1-2,5-10,12H2. The second kappa shape index (κ2) is 6.76. The zero-order valence-corrected chi connectivity index (χ0v) is 13.7. The predicted molar refractivity (Wildman–Crippen MR) is 85.8 cm³/mol. The van der Waals surface area contributed by atoms with Crippen LogP contribution in [-0.2, 0) is 11.3 Å². The molecule has 0 N–H and O–H groups in total. The zero-order chi connectivity index (χ0) is 16.4. The third-order valence-electron chi connectivity index (χ3n) is 4.92. The molecule has 7 heteroatoms. The first kappa shape index (κ1) is 15.4. The summed E-state index contributed by atoms with van der Waals surface area (Å²) in [5, 5.41) is 3.95. The van der Waals surface area contributed by atoms with E-state index in [2.05, 4.69) is 15.0 Å². The Kier molecular flexibility index (Phi) is 4.34. The number of aromatic nitrogens is 2. The van der Waals surface area contributed by atoms with Gasteiger partial charge in [-0.15, -0.1) is 0 Å². The minimum Gasteiger partial charge on any atom is -0.461 e. The van der Waals surface area contributed by atoms with Crippen molar-refractivity contribution in [1.82, 2.24) is 19.9 Å². The van der Waals surface area contributed by atoms with Gasteiger partial charge in [-0.25, -0.2) is 0 Å². The van der Waals surface area contributed by atoms with E-state index in [-0.39, 0.29) is 5.92 Å². The van der Waals surface area contributed by atoms with Crippen LogP contribution in [0.4, 0.5) is 0 Å². The first-order valence-corrected chi connectivity index (χ1v) is 8.67. The third-order valence-corrected chi connectivity index (χ3v) is 4.92. The third kappa shape index (κ3) is 3.21. The van der Waals surface area contributed by atoms with Gasteiger partial charge >= 0.3 is 0 Å². The van der Waals surface area contributed by atoms with E-state index >= 15 is 0 Å². The Hall–Kier alpha value is -2.15. The van der Waals surface area contributed by atoms with E-state index in [0.29, 0.717) is 29.9 Å². The molecule has 0 spiro atoms. The van der Waals surface area contributed by atoms with Crippen LogP contribution < -0.4 is 0 Å². The first-order valence-electron chi connectivity index (χ1n) is 8.67. The second-order valence-electron chi connectivity index (χ2n) is 6.57. The quantitative estimate of drug-likeness (QED) is 0.855. The molecule has 1 amide bonds. The molecule has 2 aliphatic rings. The number of carbonyl (C=O) groups excluding carboxylic acids is 1. The van der Waals surface area contributed by atoms with Crippen LogP contribution in [-0.4, -0.2) is 52.0 Å². The Morgan fingerprint density at radius 2 is 2.00 bits per heavy atom. The van der Waals surface area contributed by atoms with Crippen LogP contribution in [0.5, 0.6) is 0 Å². The maximum absolute atomic E-state index is 12.5. The van der Waals surface area contributed by atoms with Crippen LogP contribution in [0.1, 0.15) is 31.6 Å². The number of hydrogen-bond acceptors (Lipinski definition) is 6. The molecule has 0 unspecified atom stereocenters. The number of amides is 1. The molecule has 24 heavy (non-hydrogen) atoms. The van der Waals surface area contributed by atoms with Gasteiger partial charge < -0.3 is 13.8 Å². The van der Waals surface area contributed by atoms with Gasteiger partial charge in [0, 0.05) is 19.0 Å². The fraction of sp³-hybridized carbons (Fsp3) is 0.588. The molecule has 2 aromatic heterocycles. The van der Waals surface area contributed by atoms with Crippen LogP contribution in [0.3, 0.4) is 0 Å². The molecule has 0 saturated carbocycles. The van der Waals surface area contributed by atoms with E-state index < -0.39 is 0 Å². The van der Waals surface area contributed by atoms with Gasteiger partial charge in [-0.05, 0) is 50.9 Å². The Balaban J connectivity index is 1.29. The lowest BCUT2D eigenvalue weighted by atomic mass is 9.95. The van der Waals surface area contributed by atoms with Crippen molar-refractivity contribution in [3.63, 3.8) is 0 Å². The van der Waals surface area contributed by atoms with E-state index in [0.717, 1.165) is 51.9 Å². The molecule has 0 aliphatic carbocycles. The Morgan fingerprint density at radius 1 is 1.21 bits per heavy atom. The molecule has 0 atom stereocenters. The van der Waals surface area contributed by atoms with Crippen molar-refractivity contribution in [2.24, 2.45) is 5.92 Å². The van der Waals surface area contributed by atoms with E-state index in [1.54, 1.807) is 12.3 Å². The van der Waals surface area contributed by atoms with E-state index in [1.807, 2.05) is 11.0 Å². The molecular weight excluding hydrogens is 308 g/mol. The molecule has 2 saturated heterocycles. The average molecular weight is 330 g/mol. The highest BCUT2D eigenvalue weighted by Crippen LogP contribution is 2.23. The van der Waals surface area contributed by atoms with Crippen LogP contribution in [0.2, 0.25) is 0 Å². The van der Waals surface area contributed by atoms with Gasteiger partial charge in [0.05, 0.1) is 12.8 Å². The summed E-state index contributed by atoms with van der Waals surface area (Å²) in [6.45, 7) is 4.29. The van der Waals surface area contributed by atoms with Crippen molar-refractivity contribution in [1.29, 1.82) is 0 Å². The van der Waals surface area contributed by atoms with Crippen molar-refractivity contribution >= 4 is 5.91 Å². The molecule has 128 valence electrons. The molecule has 2 aliphatic heterocycles. The van der Waals surface area contributed by atoms with Crippen molar-refractivity contribution < 1.29 is 13.7 Å². The van der Waals surface area contributed by atoms with Gasteiger partial charge in [0.1, 0.15) is 0 Å². The molecule has 7 nitrogen and oxygen atoms in total. The normalized spacial score (nSPS) is 19.9. The minimum atomic E-state index is 0.181. The number of piperidine rings is 1. The summed E-state index contributed by atoms with van der Waals surface area (Å²) in [6, 6.07) is 3.61. The largest absolute Gasteiger partial charge is 0.461 e. The van der Waals surface area contributed by atoms with E-state index in [4.69, 9.17) is 8.94 Å². The first-order chi connectivity index (χ1) is 11.8. The van der Waals surface area contributed by atoms with Gasteiger partial charge in [-0.1, -0.05) is 5.16 Å².